The van der Waals surface area contributed by atoms with E-state index < -0.39 is 27.9 Å². The fraction of sp³-hybridized carbons (Fsp3) is 0.391. The first kappa shape index (κ1) is 23.7. The number of rotatable bonds is 5. The number of nitrogens with zero attached hydrogens (tertiary/aromatic N) is 4. The number of benzene rings is 1. The Hall–Kier alpha value is -3.47. The molecule has 0 unspecified atom stereocenters. The van der Waals surface area contributed by atoms with Gasteiger partial charge in [0.2, 0.25) is 0 Å². The molecule has 2 aromatic rings. The summed E-state index contributed by atoms with van der Waals surface area (Å²) in [5.41, 5.74) is 0.694. The van der Waals surface area contributed by atoms with E-state index in [1.165, 1.54) is 24.4 Å². The maximum atomic E-state index is 13.1. The van der Waals surface area contributed by atoms with E-state index in [9.17, 15) is 22.8 Å². The Balaban J connectivity index is 1.44. The highest BCUT2D eigenvalue weighted by Gasteiger charge is 2.43. The van der Waals surface area contributed by atoms with Gasteiger partial charge in [-0.1, -0.05) is 0 Å². The van der Waals surface area contributed by atoms with Crippen LogP contribution in [-0.2, 0) is 14.8 Å². The molecule has 1 fully saturated rings. The van der Waals surface area contributed by atoms with Crippen LogP contribution < -0.4 is 4.90 Å². The number of esters is 1. The first-order valence-electron chi connectivity index (χ1n) is 11.1. The van der Waals surface area contributed by atoms with Gasteiger partial charge in [0.15, 0.2) is 0 Å². The van der Waals surface area contributed by atoms with E-state index in [-0.39, 0.29) is 21.9 Å². The highest BCUT2D eigenvalue weighted by Crippen LogP contribution is 2.33. The van der Waals surface area contributed by atoms with E-state index >= 15 is 0 Å². The molecule has 4 rings (SSSR count). The predicted molar refractivity (Wildman–Crippen MR) is 123 cm³/mol. The Morgan fingerprint density at radius 1 is 1.06 bits per heavy atom. The zero-order valence-electron chi connectivity index (χ0n) is 19.2. The third-order valence-corrected chi connectivity index (χ3v) is 7.81. The summed E-state index contributed by atoms with van der Waals surface area (Å²) in [7, 11) is -3.98. The molecule has 2 aliphatic heterocycles. The normalized spacial score (nSPS) is 17.2. The summed E-state index contributed by atoms with van der Waals surface area (Å²) in [5, 5.41) is 0. The lowest BCUT2D eigenvalue weighted by Gasteiger charge is -2.35. The van der Waals surface area contributed by atoms with Crippen molar-refractivity contribution < 1.29 is 27.5 Å². The highest BCUT2D eigenvalue weighted by atomic mass is 32.2. The molecule has 3 heterocycles. The maximum Gasteiger partial charge on any atom is 0.339 e. The molecule has 0 bridgehead atoms. The molecule has 0 radical (unpaired) electrons. The number of carbonyl (C=O) groups excluding carboxylic acids is 3. The molecule has 1 aromatic heterocycles. The molecule has 10 nitrogen and oxygen atoms in total. The number of hydrogen-bond donors (Lipinski definition) is 0. The van der Waals surface area contributed by atoms with Crippen molar-refractivity contribution in [2.24, 2.45) is 0 Å². The molecule has 11 heteroatoms. The zero-order chi connectivity index (χ0) is 24.6. The molecule has 0 N–H and O–H groups in total. The average Bonchev–Trinajstić information content (AvgIpc) is 3.03. The van der Waals surface area contributed by atoms with Gasteiger partial charge in [0.05, 0.1) is 17.7 Å². The number of hydrogen-bond acceptors (Lipinski definition) is 8. The molecule has 2 aliphatic rings. The molecule has 0 saturated carbocycles. The summed E-state index contributed by atoms with van der Waals surface area (Å²) >= 11 is 0. The molecule has 180 valence electrons. The summed E-state index contributed by atoms with van der Waals surface area (Å²) in [5.74, 6) is -0.597. The van der Waals surface area contributed by atoms with Crippen LogP contribution in [0.25, 0.3) is 0 Å². The van der Waals surface area contributed by atoms with Crippen LogP contribution in [-0.4, -0.2) is 79.2 Å². The summed E-state index contributed by atoms with van der Waals surface area (Å²) in [6.45, 7) is 7.18. The minimum Gasteiger partial charge on any atom is -0.462 e. The SMILES string of the molecule is CCOC(=O)c1ccc(N2CCN(C(=O)c3ccc4c(c3)S(=O)(=O)N(C(C)C)C4=O)CC2)nc1. The topological polar surface area (TPSA) is 117 Å². The number of aromatic nitrogens is 1. The third-order valence-electron chi connectivity index (χ3n) is 5.81. The number of anilines is 1. The van der Waals surface area contributed by atoms with Crippen LogP contribution in [0.5, 0.6) is 0 Å². The lowest BCUT2D eigenvalue weighted by molar-refractivity contribution is 0.0525. The second-order valence-electron chi connectivity index (χ2n) is 8.32. The van der Waals surface area contributed by atoms with Gasteiger partial charge >= 0.3 is 5.97 Å². The van der Waals surface area contributed by atoms with Gasteiger partial charge in [-0.3, -0.25) is 9.59 Å². The van der Waals surface area contributed by atoms with Gasteiger partial charge in [-0.2, -0.15) is 0 Å². The van der Waals surface area contributed by atoms with Gasteiger partial charge < -0.3 is 14.5 Å². The van der Waals surface area contributed by atoms with Crippen molar-refractivity contribution >= 4 is 33.6 Å². The third kappa shape index (κ3) is 4.11. The molecule has 1 saturated heterocycles. The number of amides is 2. The molecular weight excluding hydrogens is 460 g/mol. The minimum absolute atomic E-state index is 0.0902. The molecule has 0 spiro atoms. The lowest BCUT2D eigenvalue weighted by atomic mass is 10.1. The summed E-state index contributed by atoms with van der Waals surface area (Å²) in [6.07, 6.45) is 1.47. The molecule has 2 amide bonds. The van der Waals surface area contributed by atoms with E-state index in [1.807, 2.05) is 4.90 Å². The second kappa shape index (κ2) is 9.05. The van der Waals surface area contributed by atoms with Crippen molar-refractivity contribution in [2.75, 3.05) is 37.7 Å². The summed E-state index contributed by atoms with van der Waals surface area (Å²) in [6, 6.07) is 7.10. The summed E-state index contributed by atoms with van der Waals surface area (Å²) < 4.78 is 31.5. The van der Waals surface area contributed by atoms with Crippen molar-refractivity contribution in [1.82, 2.24) is 14.2 Å². The lowest BCUT2D eigenvalue weighted by Crippen LogP contribution is -2.49. The molecule has 1 aromatic carbocycles. The van der Waals surface area contributed by atoms with E-state index in [4.69, 9.17) is 4.74 Å². The van der Waals surface area contributed by atoms with Crippen molar-refractivity contribution in [2.45, 2.75) is 31.7 Å². The molecule has 0 atom stereocenters. The standard InChI is InChI=1S/C23H26N4O6S/c1-4-33-23(30)17-6-8-20(24-14-17)25-9-11-26(12-10-25)21(28)16-5-7-18-19(13-16)34(31,32)27(15(2)3)22(18)29/h5-8,13-15H,4,9-12H2,1-3H3. The minimum atomic E-state index is -3.98. The van der Waals surface area contributed by atoms with Crippen LogP contribution in [0.3, 0.4) is 0 Å². The Morgan fingerprint density at radius 2 is 1.74 bits per heavy atom. The number of sulfonamides is 1. The Bertz CT molecular complexity index is 1230. The van der Waals surface area contributed by atoms with Crippen LogP contribution in [0.15, 0.2) is 41.4 Å². The van der Waals surface area contributed by atoms with Crippen LogP contribution in [0.2, 0.25) is 0 Å². The van der Waals surface area contributed by atoms with Gasteiger partial charge in [0.25, 0.3) is 21.8 Å². The Morgan fingerprint density at radius 3 is 2.32 bits per heavy atom. The van der Waals surface area contributed by atoms with Crippen molar-refractivity contribution in [3.05, 3.63) is 53.2 Å². The molecular formula is C23H26N4O6S. The van der Waals surface area contributed by atoms with Crippen LogP contribution >= 0.6 is 0 Å². The van der Waals surface area contributed by atoms with Crippen LogP contribution in [0, 0.1) is 0 Å². The number of piperazine rings is 1. The van der Waals surface area contributed by atoms with Crippen molar-refractivity contribution in [3.8, 4) is 0 Å². The van der Waals surface area contributed by atoms with E-state index in [2.05, 4.69) is 4.98 Å². The predicted octanol–water partition coefficient (Wildman–Crippen LogP) is 1.77. The number of ether oxygens (including phenoxy) is 1. The fourth-order valence-electron chi connectivity index (χ4n) is 4.12. The maximum absolute atomic E-state index is 13.1. The van der Waals surface area contributed by atoms with Crippen molar-refractivity contribution in [3.63, 3.8) is 0 Å². The van der Waals surface area contributed by atoms with E-state index in [0.717, 1.165) is 4.31 Å². The van der Waals surface area contributed by atoms with Gasteiger partial charge in [0, 0.05) is 44.0 Å². The quantitative estimate of drug-likeness (QED) is 0.587. The second-order valence-corrected chi connectivity index (χ2v) is 10.1. The summed E-state index contributed by atoms with van der Waals surface area (Å²) in [4.78, 5) is 45.2. The highest BCUT2D eigenvalue weighted by molar-refractivity contribution is 7.90. The van der Waals surface area contributed by atoms with E-state index in [0.29, 0.717) is 44.2 Å². The van der Waals surface area contributed by atoms with Gasteiger partial charge in [-0.25, -0.2) is 22.5 Å². The largest absolute Gasteiger partial charge is 0.462 e. The van der Waals surface area contributed by atoms with Gasteiger partial charge in [0.1, 0.15) is 10.7 Å². The number of pyridine rings is 1. The van der Waals surface area contributed by atoms with Crippen LogP contribution in [0.4, 0.5) is 5.82 Å². The number of carbonyl (C=O) groups is 3. The van der Waals surface area contributed by atoms with Crippen molar-refractivity contribution in [1.29, 1.82) is 0 Å². The van der Waals surface area contributed by atoms with E-state index in [1.54, 1.807) is 37.8 Å². The first-order valence-corrected chi connectivity index (χ1v) is 12.5. The monoisotopic (exact) mass is 486 g/mol. The molecule has 34 heavy (non-hydrogen) atoms. The number of fused-ring (bicyclic) bond motifs is 1. The average molecular weight is 487 g/mol. The van der Waals surface area contributed by atoms with Gasteiger partial charge in [-0.05, 0) is 51.1 Å². The Labute approximate surface area is 198 Å². The Kier molecular flexibility index (Phi) is 6.30. The molecule has 0 aliphatic carbocycles. The van der Waals surface area contributed by atoms with Gasteiger partial charge in [-0.15, -0.1) is 0 Å². The fourth-order valence-corrected chi connectivity index (χ4v) is 5.91. The first-order chi connectivity index (χ1) is 16.1. The zero-order valence-corrected chi connectivity index (χ0v) is 20.0. The smallest absolute Gasteiger partial charge is 0.339 e. The van der Waals surface area contributed by atoms with Crippen LogP contribution in [0.1, 0.15) is 51.8 Å².